The Labute approximate surface area is 153 Å². The van der Waals surface area contributed by atoms with Crippen LogP contribution in [0, 0.1) is 5.41 Å². The number of hydrogen-bond acceptors (Lipinski definition) is 3. The van der Waals surface area contributed by atoms with Gasteiger partial charge < -0.3 is 20.3 Å². The van der Waals surface area contributed by atoms with Gasteiger partial charge in [-0.2, -0.15) is 0 Å². The molecule has 5 heteroatoms. The van der Waals surface area contributed by atoms with E-state index in [0.29, 0.717) is 0 Å². The highest BCUT2D eigenvalue weighted by Gasteiger charge is 2.24. The summed E-state index contributed by atoms with van der Waals surface area (Å²) >= 11 is 0. The van der Waals surface area contributed by atoms with E-state index in [2.05, 4.69) is 72.6 Å². The number of nitrogens with one attached hydrogen (secondary N) is 2. The molecule has 5 nitrogen and oxygen atoms in total. The van der Waals surface area contributed by atoms with Crippen LogP contribution in [0.2, 0.25) is 0 Å². The van der Waals surface area contributed by atoms with Crippen LogP contribution in [-0.4, -0.2) is 52.9 Å². The molecule has 1 aromatic carbocycles. The minimum absolute atomic E-state index is 0.0998. The van der Waals surface area contributed by atoms with Gasteiger partial charge in [-0.3, -0.25) is 4.99 Å². The lowest BCUT2D eigenvalue weighted by molar-refractivity contribution is 0.0205. The van der Waals surface area contributed by atoms with E-state index >= 15 is 0 Å². The number of benzene rings is 1. The van der Waals surface area contributed by atoms with Gasteiger partial charge >= 0.3 is 0 Å². The van der Waals surface area contributed by atoms with Gasteiger partial charge in [-0.05, 0) is 30.4 Å². The SMILES string of the molecule is CN=C(NCCCCN(C)c1ccccc1)NCC(OC)C(C)(C)C. The molecule has 0 fully saturated rings. The van der Waals surface area contributed by atoms with Crippen molar-refractivity contribution >= 4 is 11.6 Å². The summed E-state index contributed by atoms with van der Waals surface area (Å²) in [5.41, 5.74) is 1.36. The molecule has 0 heterocycles. The maximum atomic E-state index is 5.57. The third-order valence-corrected chi connectivity index (χ3v) is 4.34. The van der Waals surface area contributed by atoms with Crippen molar-refractivity contribution in [1.29, 1.82) is 0 Å². The molecule has 1 atom stereocenters. The van der Waals surface area contributed by atoms with Crippen molar-refractivity contribution in [3.8, 4) is 0 Å². The van der Waals surface area contributed by atoms with Gasteiger partial charge in [0.05, 0.1) is 6.10 Å². The normalized spacial score (nSPS) is 13.4. The number of guanidine groups is 1. The van der Waals surface area contributed by atoms with E-state index in [4.69, 9.17) is 4.74 Å². The Morgan fingerprint density at radius 2 is 1.84 bits per heavy atom. The number of nitrogens with zero attached hydrogens (tertiary/aromatic N) is 2. The number of methoxy groups -OCH3 is 1. The van der Waals surface area contributed by atoms with E-state index in [0.717, 1.165) is 38.4 Å². The van der Waals surface area contributed by atoms with Crippen LogP contribution >= 0.6 is 0 Å². The van der Waals surface area contributed by atoms with Crippen LogP contribution in [0.5, 0.6) is 0 Å². The van der Waals surface area contributed by atoms with Gasteiger partial charge in [0.25, 0.3) is 0 Å². The van der Waals surface area contributed by atoms with E-state index in [1.165, 1.54) is 5.69 Å². The van der Waals surface area contributed by atoms with Crippen molar-refractivity contribution in [1.82, 2.24) is 10.6 Å². The second-order valence-corrected chi connectivity index (χ2v) is 7.43. The number of unbranched alkanes of at least 4 members (excludes halogenated alkanes) is 1. The fourth-order valence-electron chi connectivity index (χ4n) is 2.65. The molecule has 0 aromatic heterocycles. The summed E-state index contributed by atoms with van der Waals surface area (Å²) in [6, 6.07) is 10.5. The average molecular weight is 349 g/mol. The highest BCUT2D eigenvalue weighted by molar-refractivity contribution is 5.79. The molecule has 2 N–H and O–H groups in total. The third-order valence-electron chi connectivity index (χ3n) is 4.34. The average Bonchev–Trinajstić information content (AvgIpc) is 2.59. The molecule has 0 radical (unpaired) electrons. The minimum atomic E-state index is 0.0998. The molecular formula is C20H36N4O. The van der Waals surface area contributed by atoms with Crippen molar-refractivity contribution in [2.75, 3.05) is 45.7 Å². The Morgan fingerprint density at radius 3 is 2.40 bits per heavy atom. The number of ether oxygens (including phenoxy) is 1. The topological polar surface area (TPSA) is 48.9 Å². The van der Waals surface area contributed by atoms with E-state index in [-0.39, 0.29) is 11.5 Å². The maximum Gasteiger partial charge on any atom is 0.191 e. The molecule has 1 unspecified atom stereocenters. The quantitative estimate of drug-likeness (QED) is 0.409. The Balaban J connectivity index is 2.23. The summed E-state index contributed by atoms with van der Waals surface area (Å²) in [5, 5.41) is 6.73. The molecule has 0 amide bonds. The van der Waals surface area contributed by atoms with Crippen LogP contribution in [0.1, 0.15) is 33.6 Å². The molecular weight excluding hydrogens is 312 g/mol. The molecule has 25 heavy (non-hydrogen) atoms. The van der Waals surface area contributed by atoms with Crippen LogP contribution in [0.15, 0.2) is 35.3 Å². The number of hydrogen-bond donors (Lipinski definition) is 2. The van der Waals surface area contributed by atoms with Gasteiger partial charge in [-0.25, -0.2) is 0 Å². The number of rotatable bonds is 9. The second kappa shape index (κ2) is 11.0. The number of aliphatic imine (C=N–C) groups is 1. The van der Waals surface area contributed by atoms with Crippen LogP contribution in [0.3, 0.4) is 0 Å². The molecule has 0 saturated heterocycles. The summed E-state index contributed by atoms with van der Waals surface area (Å²) in [6.07, 6.45) is 2.38. The summed E-state index contributed by atoms with van der Waals surface area (Å²) in [7, 11) is 5.70. The summed E-state index contributed by atoms with van der Waals surface area (Å²) < 4.78 is 5.57. The summed E-state index contributed by atoms with van der Waals surface area (Å²) in [6.45, 7) is 9.26. The Morgan fingerprint density at radius 1 is 1.16 bits per heavy atom. The van der Waals surface area contributed by atoms with Gasteiger partial charge in [0.15, 0.2) is 5.96 Å². The lowest BCUT2D eigenvalue weighted by atomic mass is 9.89. The molecule has 0 spiro atoms. The van der Waals surface area contributed by atoms with Gasteiger partial charge in [0.2, 0.25) is 0 Å². The van der Waals surface area contributed by atoms with Gasteiger partial charge in [0.1, 0.15) is 0 Å². The van der Waals surface area contributed by atoms with Crippen LogP contribution in [0.25, 0.3) is 0 Å². The lowest BCUT2D eigenvalue weighted by Crippen LogP contribution is -2.45. The van der Waals surface area contributed by atoms with Crippen molar-refractivity contribution in [2.24, 2.45) is 10.4 Å². The molecule has 1 rings (SSSR count). The number of anilines is 1. The fraction of sp³-hybridized carbons (Fsp3) is 0.650. The zero-order valence-electron chi connectivity index (χ0n) is 16.8. The first-order valence-electron chi connectivity index (χ1n) is 9.12. The molecule has 0 aliphatic rings. The van der Waals surface area contributed by atoms with Crippen molar-refractivity contribution in [2.45, 2.75) is 39.7 Å². The van der Waals surface area contributed by atoms with Crippen molar-refractivity contribution in [3.63, 3.8) is 0 Å². The van der Waals surface area contributed by atoms with E-state index < -0.39 is 0 Å². The first-order chi connectivity index (χ1) is 11.9. The molecule has 142 valence electrons. The van der Waals surface area contributed by atoms with E-state index in [1.54, 1.807) is 14.2 Å². The molecule has 0 aliphatic heterocycles. The molecule has 0 bridgehead atoms. The largest absolute Gasteiger partial charge is 0.379 e. The monoisotopic (exact) mass is 348 g/mol. The summed E-state index contributed by atoms with van der Waals surface area (Å²) in [5.74, 6) is 0.836. The van der Waals surface area contributed by atoms with Crippen molar-refractivity contribution < 1.29 is 4.74 Å². The predicted molar refractivity (Wildman–Crippen MR) is 109 cm³/mol. The van der Waals surface area contributed by atoms with Crippen LogP contribution in [0.4, 0.5) is 5.69 Å². The van der Waals surface area contributed by atoms with Crippen molar-refractivity contribution in [3.05, 3.63) is 30.3 Å². The van der Waals surface area contributed by atoms with Gasteiger partial charge in [0, 0.05) is 46.5 Å². The zero-order chi connectivity index (χ0) is 18.7. The Kier molecular flexibility index (Phi) is 9.35. The smallest absolute Gasteiger partial charge is 0.191 e. The maximum absolute atomic E-state index is 5.57. The zero-order valence-corrected chi connectivity index (χ0v) is 16.8. The molecule has 1 aromatic rings. The summed E-state index contributed by atoms with van der Waals surface area (Å²) in [4.78, 5) is 6.58. The Hall–Kier alpha value is -1.75. The van der Waals surface area contributed by atoms with Gasteiger partial charge in [-0.15, -0.1) is 0 Å². The highest BCUT2D eigenvalue weighted by Crippen LogP contribution is 2.20. The third kappa shape index (κ3) is 8.25. The number of para-hydroxylation sites is 1. The van der Waals surface area contributed by atoms with Gasteiger partial charge in [-0.1, -0.05) is 39.0 Å². The van der Waals surface area contributed by atoms with Crippen LogP contribution < -0.4 is 15.5 Å². The first-order valence-corrected chi connectivity index (χ1v) is 9.12. The fourth-order valence-corrected chi connectivity index (χ4v) is 2.65. The highest BCUT2D eigenvalue weighted by atomic mass is 16.5. The lowest BCUT2D eigenvalue weighted by Gasteiger charge is -2.30. The molecule has 0 aliphatic carbocycles. The predicted octanol–water partition coefficient (Wildman–Crippen LogP) is 3.13. The van der Waals surface area contributed by atoms with Crippen LogP contribution in [-0.2, 0) is 4.74 Å². The second-order valence-electron chi connectivity index (χ2n) is 7.43. The van der Waals surface area contributed by atoms with E-state index in [1.807, 2.05) is 6.07 Å². The minimum Gasteiger partial charge on any atom is -0.379 e. The van der Waals surface area contributed by atoms with E-state index in [9.17, 15) is 0 Å². The Bertz CT molecular complexity index is 496. The molecule has 0 saturated carbocycles. The standard InChI is InChI=1S/C20H36N4O/c1-20(2,3)18(25-6)16-23-19(21-4)22-14-10-11-15-24(5)17-12-8-7-9-13-17/h7-9,12-13,18H,10-11,14-16H2,1-6H3,(H2,21,22,23). The first kappa shape index (κ1) is 21.3.